The Bertz CT molecular complexity index is 981. The molecular formula is C19H17N5O. The third kappa shape index (κ3) is 3.34. The van der Waals surface area contributed by atoms with Crippen molar-refractivity contribution in [3.63, 3.8) is 0 Å². The number of nitrogens with one attached hydrogen (secondary N) is 2. The highest BCUT2D eigenvalue weighted by Crippen LogP contribution is 2.25. The molecule has 0 spiro atoms. The van der Waals surface area contributed by atoms with Crippen LogP contribution >= 0.6 is 0 Å². The van der Waals surface area contributed by atoms with E-state index in [0.29, 0.717) is 5.88 Å². The quantitative estimate of drug-likeness (QED) is 0.585. The van der Waals surface area contributed by atoms with Crippen molar-refractivity contribution in [3.8, 4) is 22.9 Å². The molecule has 4 rings (SSSR count). The molecule has 25 heavy (non-hydrogen) atoms. The van der Waals surface area contributed by atoms with E-state index in [2.05, 4.69) is 31.5 Å². The topological polar surface area (TPSA) is 75.7 Å². The van der Waals surface area contributed by atoms with Gasteiger partial charge in [0.05, 0.1) is 16.9 Å². The van der Waals surface area contributed by atoms with Crippen molar-refractivity contribution in [3.05, 3.63) is 66.6 Å². The Balaban J connectivity index is 1.55. The monoisotopic (exact) mass is 331 g/mol. The molecule has 0 saturated carbocycles. The highest BCUT2D eigenvalue weighted by molar-refractivity contribution is 5.80. The maximum Gasteiger partial charge on any atom is 0.219 e. The van der Waals surface area contributed by atoms with Crippen LogP contribution in [0.4, 0.5) is 0 Å². The van der Waals surface area contributed by atoms with Crippen LogP contribution in [0.15, 0.2) is 60.9 Å². The van der Waals surface area contributed by atoms with Crippen molar-refractivity contribution < 1.29 is 4.74 Å². The Kier molecular flexibility index (Phi) is 4.10. The summed E-state index contributed by atoms with van der Waals surface area (Å²) in [6.45, 7) is 0.751. The number of ether oxygens (including phenoxy) is 1. The van der Waals surface area contributed by atoms with Gasteiger partial charge in [-0.25, -0.2) is 4.98 Å². The van der Waals surface area contributed by atoms with E-state index >= 15 is 0 Å². The second-order valence-corrected chi connectivity index (χ2v) is 5.64. The van der Waals surface area contributed by atoms with Gasteiger partial charge in [-0.05, 0) is 43.4 Å². The van der Waals surface area contributed by atoms with Crippen LogP contribution in [-0.4, -0.2) is 27.2 Å². The van der Waals surface area contributed by atoms with Gasteiger partial charge in [0.1, 0.15) is 5.75 Å². The number of pyridine rings is 2. The summed E-state index contributed by atoms with van der Waals surface area (Å²) in [5.41, 5.74) is 3.85. The zero-order chi connectivity index (χ0) is 17.1. The second-order valence-electron chi connectivity index (χ2n) is 5.64. The molecule has 6 nitrogen and oxygen atoms in total. The van der Waals surface area contributed by atoms with Crippen LogP contribution < -0.4 is 10.1 Å². The fourth-order valence-corrected chi connectivity index (χ4v) is 2.63. The molecule has 0 amide bonds. The van der Waals surface area contributed by atoms with Crippen LogP contribution in [-0.2, 0) is 6.54 Å². The molecule has 6 heteroatoms. The summed E-state index contributed by atoms with van der Waals surface area (Å²) < 4.78 is 5.86. The maximum atomic E-state index is 5.86. The van der Waals surface area contributed by atoms with Crippen LogP contribution in [0.25, 0.3) is 22.2 Å². The Labute approximate surface area is 144 Å². The number of benzene rings is 1. The predicted octanol–water partition coefficient (Wildman–Crippen LogP) is 3.53. The molecule has 0 aliphatic heterocycles. The number of fused-ring (bicyclic) bond motifs is 1. The zero-order valence-corrected chi connectivity index (χ0v) is 13.7. The average molecular weight is 331 g/mol. The molecule has 124 valence electrons. The number of nitrogens with zero attached hydrogens (tertiary/aromatic N) is 3. The molecule has 0 aliphatic carbocycles. The molecule has 0 saturated heterocycles. The summed E-state index contributed by atoms with van der Waals surface area (Å²) in [6.07, 6.45) is 3.47. The van der Waals surface area contributed by atoms with Crippen molar-refractivity contribution in [1.29, 1.82) is 0 Å². The van der Waals surface area contributed by atoms with Gasteiger partial charge < -0.3 is 10.1 Å². The van der Waals surface area contributed by atoms with Crippen molar-refractivity contribution >= 4 is 10.9 Å². The lowest BCUT2D eigenvalue weighted by Crippen LogP contribution is -2.06. The van der Waals surface area contributed by atoms with E-state index in [-0.39, 0.29) is 0 Å². The van der Waals surface area contributed by atoms with Gasteiger partial charge in [-0.2, -0.15) is 5.10 Å². The minimum atomic E-state index is 0.544. The summed E-state index contributed by atoms with van der Waals surface area (Å²) in [5, 5.41) is 11.0. The molecule has 1 aromatic carbocycles. The van der Waals surface area contributed by atoms with Gasteiger partial charge in [-0.1, -0.05) is 6.07 Å². The number of hydrogen-bond donors (Lipinski definition) is 2. The lowest BCUT2D eigenvalue weighted by Gasteiger charge is -2.07. The third-order valence-corrected chi connectivity index (χ3v) is 3.85. The van der Waals surface area contributed by atoms with E-state index in [1.807, 2.05) is 49.5 Å². The summed E-state index contributed by atoms with van der Waals surface area (Å²) in [4.78, 5) is 8.96. The van der Waals surface area contributed by atoms with Gasteiger partial charge in [0.25, 0.3) is 0 Å². The fourth-order valence-electron chi connectivity index (χ4n) is 2.63. The highest BCUT2D eigenvalue weighted by atomic mass is 16.5. The normalized spacial score (nSPS) is 10.9. The molecule has 0 bridgehead atoms. The van der Waals surface area contributed by atoms with Crippen LogP contribution in [0.2, 0.25) is 0 Å². The first kappa shape index (κ1) is 15.3. The van der Waals surface area contributed by atoms with Crippen molar-refractivity contribution in [2.24, 2.45) is 0 Å². The molecule has 4 aromatic rings. The lowest BCUT2D eigenvalue weighted by molar-refractivity contribution is 0.464. The van der Waals surface area contributed by atoms with E-state index in [0.717, 1.165) is 40.1 Å². The van der Waals surface area contributed by atoms with Crippen LogP contribution in [0.1, 0.15) is 5.69 Å². The van der Waals surface area contributed by atoms with Crippen LogP contribution in [0.5, 0.6) is 11.6 Å². The zero-order valence-electron chi connectivity index (χ0n) is 13.7. The third-order valence-electron chi connectivity index (χ3n) is 3.85. The smallest absolute Gasteiger partial charge is 0.219 e. The molecule has 0 unspecified atom stereocenters. The molecule has 3 aromatic heterocycles. The van der Waals surface area contributed by atoms with Crippen LogP contribution in [0.3, 0.4) is 0 Å². The number of hydrogen-bond acceptors (Lipinski definition) is 5. The largest absolute Gasteiger partial charge is 0.439 e. The van der Waals surface area contributed by atoms with Crippen molar-refractivity contribution in [2.75, 3.05) is 7.05 Å². The minimum Gasteiger partial charge on any atom is -0.439 e. The summed E-state index contributed by atoms with van der Waals surface area (Å²) in [5.74, 6) is 1.28. The average Bonchev–Trinajstić information content (AvgIpc) is 3.17. The number of aromatic amines is 1. The SMILES string of the molecule is CNCc1ccc2cc(Oc3ccc(-c4ccn[nH]4)cn3)ccc2n1. The van der Waals surface area contributed by atoms with E-state index in [1.54, 1.807) is 12.4 Å². The predicted molar refractivity (Wildman–Crippen MR) is 96.4 cm³/mol. The molecule has 2 N–H and O–H groups in total. The molecule has 0 atom stereocenters. The summed E-state index contributed by atoms with van der Waals surface area (Å²) in [6, 6.07) is 15.6. The number of aromatic nitrogens is 4. The standard InChI is InChI=1S/C19H17N5O/c1-20-12-15-4-2-13-10-16(5-6-17(13)23-15)25-19-7-3-14(11-21-19)18-8-9-22-24-18/h2-11,20H,12H2,1H3,(H,22,24). The van der Waals surface area contributed by atoms with Crippen molar-refractivity contribution in [1.82, 2.24) is 25.5 Å². The van der Waals surface area contributed by atoms with Crippen molar-refractivity contribution in [2.45, 2.75) is 6.54 Å². The Morgan fingerprint density at radius 2 is 2.04 bits per heavy atom. The first-order chi connectivity index (χ1) is 12.3. The van der Waals surface area contributed by atoms with E-state index in [1.165, 1.54) is 0 Å². The second kappa shape index (κ2) is 6.70. The molecular weight excluding hydrogens is 314 g/mol. The Hall–Kier alpha value is -3.25. The van der Waals surface area contributed by atoms with Gasteiger partial charge >= 0.3 is 0 Å². The van der Waals surface area contributed by atoms with Gasteiger partial charge in [-0.15, -0.1) is 0 Å². The van der Waals surface area contributed by atoms with E-state index < -0.39 is 0 Å². The highest BCUT2D eigenvalue weighted by Gasteiger charge is 2.04. The van der Waals surface area contributed by atoms with Crippen LogP contribution in [0, 0.1) is 0 Å². The molecule has 3 heterocycles. The van der Waals surface area contributed by atoms with Gasteiger partial charge in [0.2, 0.25) is 5.88 Å². The Morgan fingerprint density at radius 3 is 2.80 bits per heavy atom. The first-order valence-corrected chi connectivity index (χ1v) is 8.00. The van der Waals surface area contributed by atoms with Gasteiger partial charge in [0, 0.05) is 36.0 Å². The Morgan fingerprint density at radius 1 is 1.08 bits per heavy atom. The summed E-state index contributed by atoms with van der Waals surface area (Å²) >= 11 is 0. The number of rotatable bonds is 5. The summed E-state index contributed by atoms with van der Waals surface area (Å²) in [7, 11) is 1.91. The lowest BCUT2D eigenvalue weighted by atomic mass is 10.2. The number of H-pyrrole nitrogens is 1. The minimum absolute atomic E-state index is 0.544. The van der Waals surface area contributed by atoms with E-state index in [4.69, 9.17) is 4.74 Å². The van der Waals surface area contributed by atoms with E-state index in [9.17, 15) is 0 Å². The maximum absolute atomic E-state index is 5.86. The molecule has 0 aliphatic rings. The van der Waals surface area contributed by atoms with Gasteiger partial charge in [-0.3, -0.25) is 10.1 Å². The molecule has 0 radical (unpaired) electrons. The van der Waals surface area contributed by atoms with Gasteiger partial charge in [0.15, 0.2) is 0 Å². The first-order valence-electron chi connectivity index (χ1n) is 8.00. The fraction of sp³-hybridized carbons (Fsp3) is 0.105. The molecule has 0 fully saturated rings.